The highest BCUT2D eigenvalue weighted by Gasteiger charge is 2.25. The molecule has 0 saturated heterocycles. The molecule has 1 N–H and O–H groups in total. The lowest BCUT2D eigenvalue weighted by Gasteiger charge is -2.20. The van der Waals surface area contributed by atoms with Crippen molar-refractivity contribution in [3.8, 4) is 11.3 Å². The third kappa shape index (κ3) is 4.70. The summed E-state index contributed by atoms with van der Waals surface area (Å²) in [6.07, 6.45) is 3.43. The van der Waals surface area contributed by atoms with Crippen LogP contribution < -0.4 is 5.32 Å². The molecule has 3 aromatic rings. The molecule has 0 aliphatic heterocycles. The third-order valence-corrected chi connectivity index (χ3v) is 6.71. The molecule has 160 valence electrons. The van der Waals surface area contributed by atoms with Crippen molar-refractivity contribution in [1.82, 2.24) is 9.55 Å². The van der Waals surface area contributed by atoms with Crippen molar-refractivity contribution in [2.24, 2.45) is 7.05 Å². The highest BCUT2D eigenvalue weighted by Crippen LogP contribution is 2.34. The summed E-state index contributed by atoms with van der Waals surface area (Å²) in [5.74, 6) is -2.93. The van der Waals surface area contributed by atoms with Crippen LogP contribution in [0.3, 0.4) is 0 Å². The van der Waals surface area contributed by atoms with E-state index in [4.69, 9.17) is 0 Å². The Morgan fingerprint density at radius 3 is 2.53 bits per heavy atom. The number of hydrogen-bond acceptors (Lipinski definition) is 4. The highest BCUT2D eigenvalue weighted by molar-refractivity contribution is 7.91. The molecule has 1 atom stereocenters. The Kier molecular flexibility index (Phi) is 5.99. The first kappa shape index (κ1) is 22.0. The largest absolute Gasteiger partial charge is 0.378 e. The first-order valence-corrected chi connectivity index (χ1v) is 11.3. The zero-order valence-corrected chi connectivity index (χ0v) is 18.2. The van der Waals surface area contributed by atoms with Crippen molar-refractivity contribution in [3.63, 3.8) is 0 Å². The summed E-state index contributed by atoms with van der Waals surface area (Å²) >= 11 is 0. The second kappa shape index (κ2) is 8.18. The average molecular weight is 434 g/mol. The molecule has 0 radical (unpaired) electrons. The number of nitrogens with zero attached hydrogens (tertiary/aromatic N) is 2. The monoisotopic (exact) mass is 433 g/mol. The number of imidazole rings is 1. The van der Waals surface area contributed by atoms with E-state index in [1.165, 1.54) is 12.1 Å². The lowest BCUT2D eigenvalue weighted by Crippen LogP contribution is -2.12. The van der Waals surface area contributed by atoms with Crippen LogP contribution in [0.5, 0.6) is 0 Å². The van der Waals surface area contributed by atoms with Crippen molar-refractivity contribution in [1.29, 1.82) is 0 Å². The molecule has 8 heteroatoms. The Balaban J connectivity index is 2.01. The third-order valence-electron chi connectivity index (χ3n) is 4.98. The van der Waals surface area contributed by atoms with Crippen molar-refractivity contribution in [3.05, 3.63) is 66.1 Å². The lowest BCUT2D eigenvalue weighted by molar-refractivity contribution is 0.0174. The Morgan fingerprint density at radius 2 is 1.93 bits per heavy atom. The van der Waals surface area contributed by atoms with Gasteiger partial charge < -0.3 is 9.88 Å². The molecule has 5 nitrogen and oxygen atoms in total. The van der Waals surface area contributed by atoms with Crippen LogP contribution in [-0.2, 0) is 22.8 Å². The summed E-state index contributed by atoms with van der Waals surface area (Å²) in [6.45, 7) is 4.34. The van der Waals surface area contributed by atoms with Crippen LogP contribution in [-0.4, -0.2) is 23.7 Å². The van der Waals surface area contributed by atoms with Gasteiger partial charge in [-0.25, -0.2) is 22.2 Å². The van der Waals surface area contributed by atoms with Crippen LogP contribution in [0.4, 0.5) is 14.5 Å². The number of benzene rings is 2. The molecule has 1 heterocycles. The Morgan fingerprint density at radius 1 is 1.20 bits per heavy atom. The minimum absolute atomic E-state index is 0.00411. The molecule has 0 amide bonds. The topological polar surface area (TPSA) is 64.0 Å². The van der Waals surface area contributed by atoms with E-state index in [-0.39, 0.29) is 22.3 Å². The van der Waals surface area contributed by atoms with Crippen LogP contribution >= 0.6 is 0 Å². The molecule has 0 aliphatic carbocycles. The molecule has 0 saturated carbocycles. The number of halogens is 2. The minimum atomic E-state index is -3.39. The van der Waals surface area contributed by atoms with Crippen LogP contribution in [0.15, 0.2) is 59.9 Å². The van der Waals surface area contributed by atoms with E-state index < -0.39 is 15.8 Å². The van der Waals surface area contributed by atoms with Crippen molar-refractivity contribution < 1.29 is 17.2 Å². The van der Waals surface area contributed by atoms with E-state index in [1.54, 1.807) is 54.3 Å². The van der Waals surface area contributed by atoms with Gasteiger partial charge in [0.05, 0.1) is 22.7 Å². The van der Waals surface area contributed by atoms with Gasteiger partial charge in [-0.2, -0.15) is 0 Å². The molecule has 1 unspecified atom stereocenters. The summed E-state index contributed by atoms with van der Waals surface area (Å²) in [5.41, 5.74) is 2.57. The maximum Gasteiger partial charge on any atom is 0.270 e. The quantitative estimate of drug-likeness (QED) is 0.559. The van der Waals surface area contributed by atoms with E-state index in [0.717, 1.165) is 6.92 Å². The van der Waals surface area contributed by atoms with E-state index in [2.05, 4.69) is 10.3 Å². The molecule has 0 spiro atoms. The summed E-state index contributed by atoms with van der Waals surface area (Å²) in [7, 11) is -1.56. The van der Waals surface area contributed by atoms with E-state index in [9.17, 15) is 17.2 Å². The fourth-order valence-electron chi connectivity index (χ4n) is 3.17. The zero-order valence-electron chi connectivity index (χ0n) is 17.4. The van der Waals surface area contributed by atoms with Crippen molar-refractivity contribution >= 4 is 15.5 Å². The molecule has 0 bridgehead atoms. The fourth-order valence-corrected chi connectivity index (χ4v) is 4.08. The fraction of sp³-hybridized carbons (Fsp3) is 0.318. The summed E-state index contributed by atoms with van der Waals surface area (Å²) in [5, 5.41) is 3.32. The van der Waals surface area contributed by atoms with Gasteiger partial charge in [-0.1, -0.05) is 25.1 Å². The van der Waals surface area contributed by atoms with E-state index in [0.29, 0.717) is 22.5 Å². The Hall–Kier alpha value is -2.74. The van der Waals surface area contributed by atoms with Gasteiger partial charge in [0, 0.05) is 43.0 Å². The average Bonchev–Trinajstić information content (AvgIpc) is 3.13. The zero-order chi connectivity index (χ0) is 22.1. The second-order valence-electron chi connectivity index (χ2n) is 7.42. The van der Waals surface area contributed by atoms with Crippen LogP contribution in [0.2, 0.25) is 0 Å². The summed E-state index contributed by atoms with van der Waals surface area (Å²) < 4.78 is 53.9. The van der Waals surface area contributed by atoms with Crippen molar-refractivity contribution in [2.75, 3.05) is 11.1 Å². The van der Waals surface area contributed by atoms with Crippen LogP contribution in [0.1, 0.15) is 37.9 Å². The van der Waals surface area contributed by atoms with Crippen LogP contribution in [0, 0.1) is 0 Å². The van der Waals surface area contributed by atoms with Gasteiger partial charge in [0.25, 0.3) is 5.92 Å². The number of aryl methyl sites for hydroxylation is 1. The summed E-state index contributed by atoms with van der Waals surface area (Å²) in [6, 6.07) is 10.8. The smallest absolute Gasteiger partial charge is 0.270 e. The Labute approximate surface area is 175 Å². The Bertz CT molecular complexity index is 1150. The van der Waals surface area contributed by atoms with Crippen molar-refractivity contribution in [2.45, 2.75) is 37.6 Å². The van der Waals surface area contributed by atoms with Gasteiger partial charge in [-0.3, -0.25) is 0 Å². The second-order valence-corrected chi connectivity index (χ2v) is 9.69. The molecule has 0 aliphatic rings. The van der Waals surface area contributed by atoms with Gasteiger partial charge in [0.1, 0.15) is 0 Å². The van der Waals surface area contributed by atoms with Gasteiger partial charge >= 0.3 is 0 Å². The molecular formula is C22H25F2N3O2S. The van der Waals surface area contributed by atoms with Gasteiger partial charge in [-0.05, 0) is 36.8 Å². The SMILES string of the molecule is CCS(=O)(=O)c1ccc(NC(C)c2cccc(C(C)(F)F)c2)c(-c2cn(C)cn2)c1. The van der Waals surface area contributed by atoms with Gasteiger partial charge in [0.15, 0.2) is 9.84 Å². The maximum atomic E-state index is 13.7. The van der Waals surface area contributed by atoms with E-state index in [1.807, 2.05) is 14.0 Å². The molecular weight excluding hydrogens is 408 g/mol. The molecule has 2 aromatic carbocycles. The summed E-state index contributed by atoms with van der Waals surface area (Å²) in [4.78, 5) is 4.57. The van der Waals surface area contributed by atoms with E-state index >= 15 is 0 Å². The minimum Gasteiger partial charge on any atom is -0.378 e. The number of rotatable bonds is 7. The van der Waals surface area contributed by atoms with Gasteiger partial charge in [-0.15, -0.1) is 0 Å². The maximum absolute atomic E-state index is 13.7. The number of anilines is 1. The predicted octanol–water partition coefficient (Wildman–Crippen LogP) is 5.17. The molecule has 30 heavy (non-hydrogen) atoms. The molecule has 0 fully saturated rings. The predicted molar refractivity (Wildman–Crippen MR) is 114 cm³/mol. The number of sulfone groups is 1. The first-order chi connectivity index (χ1) is 14.0. The number of aromatic nitrogens is 2. The highest BCUT2D eigenvalue weighted by atomic mass is 32.2. The normalized spacial score (nSPS) is 13.3. The van der Waals surface area contributed by atoms with Crippen LogP contribution in [0.25, 0.3) is 11.3 Å². The molecule has 1 aromatic heterocycles. The first-order valence-electron chi connectivity index (χ1n) is 9.61. The van der Waals surface area contributed by atoms with Gasteiger partial charge in [0.2, 0.25) is 0 Å². The number of alkyl halides is 2. The number of nitrogens with one attached hydrogen (secondary N) is 1. The number of hydrogen-bond donors (Lipinski definition) is 1. The standard InChI is InChI=1S/C22H25F2N3O2S/c1-5-30(28,29)18-9-10-20(19(12-18)21-13-27(4)14-25-21)26-15(2)16-7-6-8-17(11-16)22(3,23)24/h6-15,26H,5H2,1-4H3. The molecule has 3 rings (SSSR count). The lowest BCUT2D eigenvalue weighted by atomic mass is 10.0.